The molecular formula is C22H25N5O2S. The van der Waals surface area contributed by atoms with Crippen LogP contribution in [-0.4, -0.2) is 27.6 Å². The summed E-state index contributed by atoms with van der Waals surface area (Å²) in [6.07, 6.45) is 0.640. The fourth-order valence-corrected chi connectivity index (χ4v) is 3.75. The number of hydrogen-bond donors (Lipinski definition) is 2. The zero-order valence-corrected chi connectivity index (χ0v) is 18.1. The van der Waals surface area contributed by atoms with Crippen LogP contribution in [0, 0.1) is 6.92 Å². The van der Waals surface area contributed by atoms with Gasteiger partial charge in [-0.25, -0.2) is 9.99 Å². The average molecular weight is 424 g/mol. The Balaban J connectivity index is 1.64. The van der Waals surface area contributed by atoms with Crippen LogP contribution in [0.2, 0.25) is 0 Å². The second-order valence-electron chi connectivity index (χ2n) is 6.73. The Morgan fingerprint density at radius 2 is 1.87 bits per heavy atom. The number of rotatable bonds is 8. The van der Waals surface area contributed by atoms with E-state index in [4.69, 9.17) is 0 Å². The third-order valence-corrected chi connectivity index (χ3v) is 5.55. The van der Waals surface area contributed by atoms with Crippen molar-refractivity contribution in [1.29, 1.82) is 0 Å². The summed E-state index contributed by atoms with van der Waals surface area (Å²) in [6, 6.07) is 14.6. The predicted molar refractivity (Wildman–Crippen MR) is 116 cm³/mol. The van der Waals surface area contributed by atoms with Crippen molar-refractivity contribution in [2.45, 2.75) is 38.9 Å². The van der Waals surface area contributed by atoms with Crippen LogP contribution in [0.15, 0.2) is 58.8 Å². The van der Waals surface area contributed by atoms with Crippen LogP contribution in [0.5, 0.6) is 5.75 Å². The van der Waals surface area contributed by atoms with Crippen molar-refractivity contribution >= 4 is 23.4 Å². The molecule has 0 aliphatic carbocycles. The summed E-state index contributed by atoms with van der Waals surface area (Å²) in [7, 11) is 0. The maximum atomic E-state index is 12.3. The van der Waals surface area contributed by atoms with Gasteiger partial charge in [0.15, 0.2) is 0 Å². The van der Waals surface area contributed by atoms with Gasteiger partial charge in [-0.2, -0.15) is 5.10 Å². The molecule has 1 aromatic heterocycles. The summed E-state index contributed by atoms with van der Waals surface area (Å²) in [6.45, 7) is 6.78. The van der Waals surface area contributed by atoms with Crippen molar-refractivity contribution < 1.29 is 14.5 Å². The first-order valence-electron chi connectivity index (χ1n) is 9.82. The number of hydrogen-bond acceptors (Lipinski definition) is 5. The number of aromatic amines is 1. The Hall–Kier alpha value is -3.13. The van der Waals surface area contributed by atoms with Crippen LogP contribution >= 0.6 is 11.8 Å². The number of nitrogens with zero attached hydrogens (tertiary/aromatic N) is 3. The molecular weight excluding hydrogens is 398 g/mol. The molecule has 3 aromatic rings. The van der Waals surface area contributed by atoms with Crippen LogP contribution in [0.4, 0.5) is 0 Å². The summed E-state index contributed by atoms with van der Waals surface area (Å²) >= 11 is 1.35. The molecule has 0 radical (unpaired) electrons. The normalized spacial score (nSPS) is 11.5. The van der Waals surface area contributed by atoms with E-state index in [1.807, 2.05) is 18.4 Å². The smallest absolute Gasteiger partial charge is 0.337 e. The van der Waals surface area contributed by atoms with E-state index in [9.17, 15) is 9.90 Å². The molecule has 8 heteroatoms. The van der Waals surface area contributed by atoms with E-state index in [0.29, 0.717) is 6.42 Å². The lowest BCUT2D eigenvalue weighted by atomic mass is 10.1. The summed E-state index contributed by atoms with van der Waals surface area (Å²) in [5.41, 5.74) is 6.39. The van der Waals surface area contributed by atoms with Crippen molar-refractivity contribution in [1.82, 2.24) is 15.6 Å². The maximum absolute atomic E-state index is 12.3. The molecule has 7 nitrogen and oxygen atoms in total. The number of aromatic nitrogens is 3. The van der Waals surface area contributed by atoms with E-state index < -0.39 is 0 Å². The molecule has 0 bridgehead atoms. The number of hydrazone groups is 1. The van der Waals surface area contributed by atoms with Gasteiger partial charge in [0.25, 0.3) is 11.7 Å². The molecule has 2 aromatic carbocycles. The van der Waals surface area contributed by atoms with E-state index in [1.165, 1.54) is 29.5 Å². The van der Waals surface area contributed by atoms with Gasteiger partial charge in [0.2, 0.25) is 0 Å². The topological polar surface area (TPSA) is 97.1 Å². The number of H-pyrrole nitrogens is 1. The second kappa shape index (κ2) is 10.1. The van der Waals surface area contributed by atoms with Crippen molar-refractivity contribution in [2.24, 2.45) is 5.10 Å². The number of aryl methyl sites for hydroxylation is 1. The van der Waals surface area contributed by atoms with Gasteiger partial charge in [0.05, 0.1) is 28.7 Å². The number of amides is 1. The minimum Gasteiger partial charge on any atom is -0.872 e. The first-order chi connectivity index (χ1) is 14.5. The fourth-order valence-electron chi connectivity index (χ4n) is 2.94. The first kappa shape index (κ1) is 21.6. The molecule has 2 N–H and O–H groups in total. The van der Waals surface area contributed by atoms with Crippen LogP contribution in [-0.2, 0) is 11.3 Å². The third-order valence-electron chi connectivity index (χ3n) is 4.57. The van der Waals surface area contributed by atoms with E-state index >= 15 is 0 Å². The molecule has 3 rings (SSSR count). The van der Waals surface area contributed by atoms with Gasteiger partial charge in [-0.05, 0) is 49.7 Å². The van der Waals surface area contributed by atoms with Gasteiger partial charge in [-0.15, -0.1) is 10.8 Å². The summed E-state index contributed by atoms with van der Waals surface area (Å²) in [5.74, 6) is 0.836. The van der Waals surface area contributed by atoms with E-state index in [-0.39, 0.29) is 17.4 Å². The highest BCUT2D eigenvalue weighted by Crippen LogP contribution is 2.18. The van der Waals surface area contributed by atoms with Crippen molar-refractivity contribution in [3.05, 3.63) is 59.7 Å². The third kappa shape index (κ3) is 5.27. The maximum Gasteiger partial charge on any atom is 0.337 e. The highest BCUT2D eigenvalue weighted by Gasteiger charge is 2.21. The molecule has 1 heterocycles. The lowest BCUT2D eigenvalue weighted by Crippen LogP contribution is -2.36. The van der Waals surface area contributed by atoms with Gasteiger partial charge < -0.3 is 5.11 Å². The van der Waals surface area contributed by atoms with E-state index in [1.54, 1.807) is 12.1 Å². The van der Waals surface area contributed by atoms with Crippen LogP contribution in [0.1, 0.15) is 31.4 Å². The molecule has 156 valence electrons. The van der Waals surface area contributed by atoms with Gasteiger partial charge in [0, 0.05) is 0 Å². The van der Waals surface area contributed by atoms with E-state index in [0.717, 1.165) is 34.4 Å². The Labute approximate surface area is 180 Å². The quantitative estimate of drug-likeness (QED) is 0.252. The molecule has 30 heavy (non-hydrogen) atoms. The molecule has 0 spiro atoms. The molecule has 0 aliphatic heterocycles. The highest BCUT2D eigenvalue weighted by molar-refractivity contribution is 7.99. The van der Waals surface area contributed by atoms with Gasteiger partial charge in [0.1, 0.15) is 0 Å². The Morgan fingerprint density at radius 3 is 2.50 bits per heavy atom. The Morgan fingerprint density at radius 1 is 1.17 bits per heavy atom. The van der Waals surface area contributed by atoms with Crippen LogP contribution < -0.4 is 15.1 Å². The molecule has 0 saturated heterocycles. The summed E-state index contributed by atoms with van der Waals surface area (Å²) in [4.78, 5) is 12.3. The number of nitrogens with one attached hydrogen (secondary N) is 2. The zero-order chi connectivity index (χ0) is 21.5. The van der Waals surface area contributed by atoms with Crippen molar-refractivity contribution in [2.75, 3.05) is 5.75 Å². The standard InChI is InChI=1S/C22H25N5O2S/c1-4-19(16-10-12-18(28)13-11-16)23-24-20(29)14-30-22-26-25-21(27(22)5-2)17-8-6-15(3)7-9-17/h6-13H,4-5,14H2,1-3H3,(H2,23,24,28,29). The number of carbonyl (C=O) groups excluding carboxylic acids is 1. The first-order valence-corrected chi connectivity index (χ1v) is 10.8. The molecule has 0 fully saturated rings. The largest absolute Gasteiger partial charge is 0.872 e. The molecule has 0 unspecified atom stereocenters. The lowest BCUT2D eigenvalue weighted by molar-refractivity contribution is -0.719. The molecule has 0 saturated carbocycles. The Bertz CT molecular complexity index is 1030. The average Bonchev–Trinajstić information content (AvgIpc) is 3.17. The summed E-state index contributed by atoms with van der Waals surface area (Å²) in [5, 5.41) is 23.7. The number of thioether (sulfide) groups is 1. The van der Waals surface area contributed by atoms with Crippen molar-refractivity contribution in [3.8, 4) is 17.1 Å². The summed E-state index contributed by atoms with van der Waals surface area (Å²) < 4.78 is 2.05. The van der Waals surface area contributed by atoms with E-state index in [2.05, 4.69) is 51.9 Å². The van der Waals surface area contributed by atoms with Crippen LogP contribution in [0.3, 0.4) is 0 Å². The van der Waals surface area contributed by atoms with Crippen LogP contribution in [0.25, 0.3) is 11.4 Å². The number of carbonyl (C=O) groups is 1. The molecule has 0 atom stereocenters. The molecule has 0 aliphatic rings. The Kier molecular flexibility index (Phi) is 7.24. The highest BCUT2D eigenvalue weighted by atomic mass is 32.2. The predicted octanol–water partition coefficient (Wildman–Crippen LogP) is 2.79. The minimum atomic E-state index is -0.214. The zero-order valence-electron chi connectivity index (χ0n) is 17.3. The SMILES string of the molecule is CC/C(=N/NC(=O)CSc1n[nH]c(-c2ccc(C)cc2)[n+]1CC)c1ccc([O-])cc1. The van der Waals surface area contributed by atoms with Crippen molar-refractivity contribution in [3.63, 3.8) is 0 Å². The molecule has 1 amide bonds. The minimum absolute atomic E-state index is 0.0529. The van der Waals surface area contributed by atoms with Gasteiger partial charge in [-0.1, -0.05) is 48.9 Å². The second-order valence-corrected chi connectivity index (χ2v) is 7.67. The fraction of sp³-hybridized carbons (Fsp3) is 0.273. The monoisotopic (exact) mass is 423 g/mol. The lowest BCUT2D eigenvalue weighted by Gasteiger charge is -2.08. The van der Waals surface area contributed by atoms with Gasteiger partial charge in [-0.3, -0.25) is 4.79 Å². The number of benzene rings is 2. The van der Waals surface area contributed by atoms with Gasteiger partial charge >= 0.3 is 5.16 Å².